The van der Waals surface area contributed by atoms with Crippen LogP contribution in [0.4, 0.5) is 0 Å². The molecule has 0 saturated heterocycles. The van der Waals surface area contributed by atoms with Crippen LogP contribution in [0.1, 0.15) is 23.6 Å². The van der Waals surface area contributed by atoms with E-state index in [1.807, 2.05) is 31.3 Å². The summed E-state index contributed by atoms with van der Waals surface area (Å²) in [6, 6.07) is 15.5. The van der Waals surface area contributed by atoms with Gasteiger partial charge in [0.25, 0.3) is 0 Å². The van der Waals surface area contributed by atoms with Gasteiger partial charge in [0, 0.05) is 32.3 Å². The first-order valence-electron chi connectivity index (χ1n) is 8.69. The second kappa shape index (κ2) is 10.9. The number of halogens is 2. The van der Waals surface area contributed by atoms with Gasteiger partial charge in [0.2, 0.25) is 0 Å². The Hall–Kier alpha value is -1.14. The molecule has 142 valence electrons. The summed E-state index contributed by atoms with van der Waals surface area (Å²) in [4.78, 5) is 2.09. The highest BCUT2D eigenvalue weighted by molar-refractivity contribution is 6.42. The van der Waals surface area contributed by atoms with Crippen molar-refractivity contribution in [3.63, 3.8) is 0 Å². The molecule has 0 spiro atoms. The van der Waals surface area contributed by atoms with E-state index in [0.717, 1.165) is 12.1 Å². The average Bonchev–Trinajstić information content (AvgIpc) is 2.61. The number of aliphatic hydroxyl groups is 2. The molecule has 0 amide bonds. The molecular weight excluding hydrogens is 371 g/mol. The summed E-state index contributed by atoms with van der Waals surface area (Å²) < 4.78 is 0. The molecule has 0 saturated carbocycles. The highest BCUT2D eigenvalue weighted by atomic mass is 35.5. The second-order valence-corrected chi connectivity index (χ2v) is 7.30. The fourth-order valence-electron chi connectivity index (χ4n) is 2.91. The minimum Gasteiger partial charge on any atom is -0.396 e. The lowest BCUT2D eigenvalue weighted by atomic mass is 10.0. The van der Waals surface area contributed by atoms with Crippen molar-refractivity contribution in [2.24, 2.45) is 0 Å². The van der Waals surface area contributed by atoms with Gasteiger partial charge in [-0.2, -0.15) is 0 Å². The SMILES string of the molecule is CN(Cc1ccccc1)CC(O)CNC(CCO)c1ccc(Cl)c(Cl)c1. The van der Waals surface area contributed by atoms with Gasteiger partial charge >= 0.3 is 0 Å². The van der Waals surface area contributed by atoms with Crippen molar-refractivity contribution in [2.75, 3.05) is 26.7 Å². The van der Waals surface area contributed by atoms with E-state index in [1.54, 1.807) is 12.1 Å². The average molecular weight is 397 g/mol. The summed E-state index contributed by atoms with van der Waals surface area (Å²) in [5.74, 6) is 0. The molecule has 3 N–H and O–H groups in total. The van der Waals surface area contributed by atoms with Crippen molar-refractivity contribution in [3.8, 4) is 0 Å². The van der Waals surface area contributed by atoms with Crippen LogP contribution in [0.5, 0.6) is 0 Å². The van der Waals surface area contributed by atoms with Crippen molar-refractivity contribution in [3.05, 3.63) is 69.7 Å². The van der Waals surface area contributed by atoms with Crippen LogP contribution < -0.4 is 5.32 Å². The van der Waals surface area contributed by atoms with Crippen LogP contribution >= 0.6 is 23.2 Å². The summed E-state index contributed by atoms with van der Waals surface area (Å²) >= 11 is 12.1. The predicted molar refractivity (Wildman–Crippen MR) is 108 cm³/mol. The Morgan fingerprint density at radius 2 is 1.81 bits per heavy atom. The molecule has 0 aliphatic rings. The van der Waals surface area contributed by atoms with Gasteiger partial charge in [0.15, 0.2) is 0 Å². The van der Waals surface area contributed by atoms with E-state index in [4.69, 9.17) is 23.2 Å². The summed E-state index contributed by atoms with van der Waals surface area (Å²) in [7, 11) is 1.99. The van der Waals surface area contributed by atoms with Crippen molar-refractivity contribution >= 4 is 23.2 Å². The third kappa shape index (κ3) is 6.88. The summed E-state index contributed by atoms with van der Waals surface area (Å²) in [5, 5.41) is 24.0. The Morgan fingerprint density at radius 3 is 2.46 bits per heavy atom. The molecule has 0 aliphatic carbocycles. The lowest BCUT2D eigenvalue weighted by molar-refractivity contribution is 0.116. The standard InChI is InChI=1S/C20H26Cl2N2O2/c1-24(13-15-5-3-2-4-6-15)14-17(26)12-23-20(9-10-25)16-7-8-18(21)19(22)11-16/h2-8,11,17,20,23,25-26H,9-10,12-14H2,1H3. The van der Waals surface area contributed by atoms with E-state index < -0.39 is 6.10 Å². The Balaban J connectivity index is 1.86. The van der Waals surface area contributed by atoms with Gasteiger partial charge in [-0.05, 0) is 36.7 Å². The molecule has 0 bridgehead atoms. The van der Waals surface area contributed by atoms with Gasteiger partial charge in [-0.15, -0.1) is 0 Å². The van der Waals surface area contributed by atoms with Crippen molar-refractivity contribution in [1.82, 2.24) is 10.2 Å². The Kier molecular flexibility index (Phi) is 8.85. The van der Waals surface area contributed by atoms with E-state index >= 15 is 0 Å². The number of hydrogen-bond donors (Lipinski definition) is 3. The minimum atomic E-state index is -0.521. The van der Waals surface area contributed by atoms with Gasteiger partial charge < -0.3 is 15.5 Å². The molecule has 2 unspecified atom stereocenters. The molecule has 2 aromatic rings. The molecule has 2 atom stereocenters. The van der Waals surface area contributed by atoms with Gasteiger partial charge in [-0.3, -0.25) is 4.90 Å². The van der Waals surface area contributed by atoms with Crippen molar-refractivity contribution in [1.29, 1.82) is 0 Å². The second-order valence-electron chi connectivity index (χ2n) is 6.48. The molecule has 4 nitrogen and oxygen atoms in total. The maximum absolute atomic E-state index is 10.3. The minimum absolute atomic E-state index is 0.0436. The van der Waals surface area contributed by atoms with Gasteiger partial charge in [0.05, 0.1) is 16.1 Å². The van der Waals surface area contributed by atoms with Crippen LogP contribution in [-0.4, -0.2) is 48.0 Å². The first kappa shape index (κ1) is 21.2. The number of likely N-dealkylation sites (N-methyl/N-ethyl adjacent to an activating group) is 1. The smallest absolute Gasteiger partial charge is 0.0791 e. The predicted octanol–water partition coefficient (Wildman–Crippen LogP) is 3.50. The first-order chi connectivity index (χ1) is 12.5. The number of nitrogens with one attached hydrogen (secondary N) is 1. The Morgan fingerprint density at radius 1 is 1.08 bits per heavy atom. The number of benzene rings is 2. The van der Waals surface area contributed by atoms with Crippen molar-refractivity contribution in [2.45, 2.75) is 25.1 Å². The Bertz CT molecular complexity index is 670. The number of hydrogen-bond acceptors (Lipinski definition) is 4. The van der Waals surface area contributed by atoms with Crippen LogP contribution in [0, 0.1) is 0 Å². The highest BCUT2D eigenvalue weighted by Crippen LogP contribution is 2.26. The van der Waals surface area contributed by atoms with Crippen LogP contribution in [0.2, 0.25) is 10.0 Å². The first-order valence-corrected chi connectivity index (χ1v) is 9.45. The molecule has 0 heterocycles. The van der Waals surface area contributed by atoms with Gasteiger partial charge in [-0.25, -0.2) is 0 Å². The monoisotopic (exact) mass is 396 g/mol. The fraction of sp³-hybridized carbons (Fsp3) is 0.400. The molecule has 0 aromatic heterocycles. The zero-order valence-corrected chi connectivity index (χ0v) is 16.4. The van der Waals surface area contributed by atoms with E-state index in [9.17, 15) is 10.2 Å². The van der Waals surface area contributed by atoms with Crippen LogP contribution in [0.25, 0.3) is 0 Å². The third-order valence-electron chi connectivity index (χ3n) is 4.18. The number of aliphatic hydroxyl groups excluding tert-OH is 2. The van der Waals surface area contributed by atoms with E-state index in [-0.39, 0.29) is 12.6 Å². The van der Waals surface area contributed by atoms with Crippen molar-refractivity contribution < 1.29 is 10.2 Å². The lowest BCUT2D eigenvalue weighted by Crippen LogP contribution is -2.38. The zero-order valence-electron chi connectivity index (χ0n) is 14.9. The molecule has 0 aliphatic heterocycles. The van der Waals surface area contributed by atoms with E-state index in [0.29, 0.717) is 29.6 Å². The third-order valence-corrected chi connectivity index (χ3v) is 4.92. The highest BCUT2D eigenvalue weighted by Gasteiger charge is 2.15. The van der Waals surface area contributed by atoms with Crippen LogP contribution in [-0.2, 0) is 6.54 Å². The number of rotatable bonds is 10. The summed E-state index contributed by atoms with van der Waals surface area (Å²) in [6.07, 6.45) is 0.0116. The maximum Gasteiger partial charge on any atom is 0.0791 e. The lowest BCUT2D eigenvalue weighted by Gasteiger charge is -2.24. The zero-order chi connectivity index (χ0) is 18.9. The summed E-state index contributed by atoms with van der Waals surface area (Å²) in [5.41, 5.74) is 2.16. The normalized spacial score (nSPS) is 13.8. The van der Waals surface area contributed by atoms with Crippen LogP contribution in [0.15, 0.2) is 48.5 Å². The molecule has 26 heavy (non-hydrogen) atoms. The molecule has 2 rings (SSSR count). The topological polar surface area (TPSA) is 55.7 Å². The fourth-order valence-corrected chi connectivity index (χ4v) is 3.21. The number of nitrogens with zero attached hydrogens (tertiary/aromatic N) is 1. The van der Waals surface area contributed by atoms with E-state index in [2.05, 4.69) is 22.3 Å². The largest absolute Gasteiger partial charge is 0.396 e. The molecule has 6 heteroatoms. The van der Waals surface area contributed by atoms with Crippen LogP contribution in [0.3, 0.4) is 0 Å². The van der Waals surface area contributed by atoms with Gasteiger partial charge in [-0.1, -0.05) is 59.6 Å². The summed E-state index contributed by atoms with van der Waals surface area (Å²) in [6.45, 7) is 1.80. The quantitative estimate of drug-likeness (QED) is 0.575. The van der Waals surface area contributed by atoms with E-state index in [1.165, 1.54) is 5.56 Å². The van der Waals surface area contributed by atoms with Gasteiger partial charge in [0.1, 0.15) is 0 Å². The molecular formula is C20H26Cl2N2O2. The molecule has 0 radical (unpaired) electrons. The maximum atomic E-state index is 10.3. The Labute approximate surface area is 165 Å². The molecule has 2 aromatic carbocycles. The molecule has 0 fully saturated rings.